The van der Waals surface area contributed by atoms with Gasteiger partial charge in [0.1, 0.15) is 10.8 Å². The Morgan fingerprint density at radius 2 is 2.11 bits per heavy atom. The first-order valence-electron chi connectivity index (χ1n) is 5.77. The van der Waals surface area contributed by atoms with Gasteiger partial charge in [-0.05, 0) is 12.1 Å². The largest absolute Gasteiger partial charge is 0.363 e. The molecule has 0 aliphatic carbocycles. The first-order valence-corrected chi connectivity index (χ1v) is 6.65. The van der Waals surface area contributed by atoms with Crippen LogP contribution in [0.2, 0.25) is 0 Å². The summed E-state index contributed by atoms with van der Waals surface area (Å²) in [7, 11) is 0. The van der Waals surface area contributed by atoms with Crippen molar-refractivity contribution in [2.24, 2.45) is 0 Å². The average molecular weight is 269 g/mol. The normalized spacial score (nSPS) is 10.3. The quantitative estimate of drug-likeness (QED) is 0.788. The molecule has 3 heterocycles. The van der Waals surface area contributed by atoms with E-state index in [1.54, 1.807) is 36.1 Å². The third-order valence-corrected chi connectivity index (χ3v) is 3.36. The number of anilines is 1. The summed E-state index contributed by atoms with van der Waals surface area (Å²) in [6, 6.07) is 5.81. The van der Waals surface area contributed by atoms with E-state index < -0.39 is 0 Å². The highest BCUT2D eigenvalue weighted by Gasteiger charge is 2.05. The van der Waals surface area contributed by atoms with Gasteiger partial charge in [0, 0.05) is 24.0 Å². The molecule has 0 saturated carbocycles. The maximum atomic E-state index is 4.54. The second kappa shape index (κ2) is 5.53. The van der Waals surface area contributed by atoms with Gasteiger partial charge in [-0.15, -0.1) is 11.3 Å². The Balaban J connectivity index is 1.69. The van der Waals surface area contributed by atoms with Gasteiger partial charge in [0.2, 0.25) is 0 Å². The molecule has 0 aliphatic heterocycles. The van der Waals surface area contributed by atoms with E-state index in [4.69, 9.17) is 0 Å². The van der Waals surface area contributed by atoms with Crippen molar-refractivity contribution < 1.29 is 0 Å². The Morgan fingerprint density at radius 1 is 1.11 bits per heavy atom. The minimum absolute atomic E-state index is 0.627. The zero-order chi connectivity index (χ0) is 12.9. The monoisotopic (exact) mass is 269 g/mol. The van der Waals surface area contributed by atoms with Crippen molar-refractivity contribution in [2.75, 3.05) is 5.32 Å². The van der Waals surface area contributed by atoms with Crippen molar-refractivity contribution in [2.45, 2.75) is 6.54 Å². The number of hydrogen-bond donors (Lipinski definition) is 1. The Labute approximate surface area is 114 Å². The van der Waals surface area contributed by atoms with E-state index in [0.29, 0.717) is 6.54 Å². The summed E-state index contributed by atoms with van der Waals surface area (Å²) in [5.74, 6) is 0.745. The molecule has 0 fully saturated rings. The molecule has 94 valence electrons. The molecule has 6 heteroatoms. The van der Waals surface area contributed by atoms with Crippen LogP contribution in [0.4, 0.5) is 5.82 Å². The fourth-order valence-corrected chi connectivity index (χ4v) is 2.36. The lowest BCUT2D eigenvalue weighted by Crippen LogP contribution is -2.01. The Bertz CT molecular complexity index is 638. The first kappa shape index (κ1) is 11.7. The highest BCUT2D eigenvalue weighted by molar-refractivity contribution is 7.13. The molecule has 0 aromatic carbocycles. The number of pyridine rings is 1. The first-order chi connectivity index (χ1) is 9.42. The van der Waals surface area contributed by atoms with Crippen LogP contribution in [0.5, 0.6) is 0 Å². The third kappa shape index (κ3) is 2.92. The number of thiazole rings is 1. The van der Waals surface area contributed by atoms with Crippen LogP contribution in [0.15, 0.2) is 48.4 Å². The molecule has 0 aliphatic rings. The Hall–Kier alpha value is -2.34. The summed E-state index contributed by atoms with van der Waals surface area (Å²) >= 11 is 1.59. The van der Waals surface area contributed by atoms with Crippen LogP contribution in [0, 0.1) is 0 Å². The third-order valence-electron chi connectivity index (χ3n) is 2.45. The molecule has 1 N–H and O–H groups in total. The van der Waals surface area contributed by atoms with Crippen molar-refractivity contribution in [1.82, 2.24) is 19.9 Å². The molecule has 0 spiro atoms. The lowest BCUT2D eigenvalue weighted by Gasteiger charge is -2.01. The van der Waals surface area contributed by atoms with Gasteiger partial charge in [0.25, 0.3) is 0 Å². The second-order valence-corrected chi connectivity index (χ2v) is 4.66. The van der Waals surface area contributed by atoms with E-state index in [-0.39, 0.29) is 0 Å². The van der Waals surface area contributed by atoms with Gasteiger partial charge >= 0.3 is 0 Å². The van der Waals surface area contributed by atoms with Crippen LogP contribution < -0.4 is 5.32 Å². The van der Waals surface area contributed by atoms with Crippen LogP contribution in [-0.2, 0) is 6.54 Å². The molecule has 5 nitrogen and oxygen atoms in total. The van der Waals surface area contributed by atoms with Gasteiger partial charge in [-0.3, -0.25) is 9.97 Å². The highest BCUT2D eigenvalue weighted by atomic mass is 32.1. The zero-order valence-electron chi connectivity index (χ0n) is 10.0. The molecule has 0 atom stereocenters. The van der Waals surface area contributed by atoms with Crippen LogP contribution in [0.3, 0.4) is 0 Å². The lowest BCUT2D eigenvalue weighted by atomic mass is 10.3. The molecule has 0 unspecified atom stereocenters. The van der Waals surface area contributed by atoms with Crippen molar-refractivity contribution >= 4 is 17.2 Å². The van der Waals surface area contributed by atoms with E-state index in [2.05, 4.69) is 25.3 Å². The topological polar surface area (TPSA) is 63.6 Å². The van der Waals surface area contributed by atoms with Gasteiger partial charge in [0.05, 0.1) is 24.1 Å². The van der Waals surface area contributed by atoms with Crippen molar-refractivity contribution in [1.29, 1.82) is 0 Å². The molecule has 0 radical (unpaired) electrons. The van der Waals surface area contributed by atoms with E-state index in [0.717, 1.165) is 22.2 Å². The maximum absolute atomic E-state index is 4.54. The van der Waals surface area contributed by atoms with E-state index in [1.165, 1.54) is 0 Å². The molecular formula is C13H11N5S. The predicted octanol–water partition coefficient (Wildman–Crippen LogP) is 2.61. The number of rotatable bonds is 4. The lowest BCUT2D eigenvalue weighted by molar-refractivity contribution is 1.04. The minimum atomic E-state index is 0.627. The molecule has 19 heavy (non-hydrogen) atoms. The summed E-state index contributed by atoms with van der Waals surface area (Å²) in [4.78, 5) is 17.0. The molecule has 0 bridgehead atoms. The van der Waals surface area contributed by atoms with Gasteiger partial charge in [-0.1, -0.05) is 6.07 Å². The highest BCUT2D eigenvalue weighted by Crippen LogP contribution is 2.21. The second-order valence-electron chi connectivity index (χ2n) is 3.80. The standard InChI is InChI=1S/C13H11N5S/c1-2-4-15-11(3-1)13-18-10(9-19-13)7-17-12-8-14-5-6-16-12/h1-6,8-9H,7H2,(H,16,17). The Kier molecular flexibility index (Phi) is 3.42. The van der Waals surface area contributed by atoms with Crippen molar-refractivity contribution in [3.05, 3.63) is 54.1 Å². The smallest absolute Gasteiger partial charge is 0.144 e. The van der Waals surface area contributed by atoms with Gasteiger partial charge in [-0.2, -0.15) is 0 Å². The molecular weight excluding hydrogens is 258 g/mol. The number of nitrogens with one attached hydrogen (secondary N) is 1. The number of nitrogens with zero attached hydrogens (tertiary/aromatic N) is 4. The number of hydrogen-bond acceptors (Lipinski definition) is 6. The molecule has 0 saturated heterocycles. The van der Waals surface area contributed by atoms with Gasteiger partial charge in [0.15, 0.2) is 0 Å². The van der Waals surface area contributed by atoms with Gasteiger partial charge in [-0.25, -0.2) is 9.97 Å². The van der Waals surface area contributed by atoms with E-state index in [1.807, 2.05) is 23.6 Å². The molecule has 3 aromatic heterocycles. The summed E-state index contributed by atoms with van der Waals surface area (Å²) in [6.45, 7) is 0.627. The van der Waals surface area contributed by atoms with Crippen molar-refractivity contribution in [3.8, 4) is 10.7 Å². The summed E-state index contributed by atoms with van der Waals surface area (Å²) in [5, 5.41) is 6.12. The van der Waals surface area contributed by atoms with E-state index >= 15 is 0 Å². The van der Waals surface area contributed by atoms with Crippen LogP contribution in [0.1, 0.15) is 5.69 Å². The fourth-order valence-electron chi connectivity index (χ4n) is 1.57. The molecule has 3 rings (SSSR count). The minimum Gasteiger partial charge on any atom is -0.363 e. The van der Waals surface area contributed by atoms with Crippen molar-refractivity contribution in [3.63, 3.8) is 0 Å². The predicted molar refractivity (Wildman–Crippen MR) is 74.7 cm³/mol. The van der Waals surface area contributed by atoms with Crippen LogP contribution >= 0.6 is 11.3 Å². The fraction of sp³-hybridized carbons (Fsp3) is 0.0769. The average Bonchev–Trinajstić information content (AvgIpc) is 2.96. The number of aromatic nitrogens is 4. The molecule has 0 amide bonds. The SMILES string of the molecule is c1ccc(-c2nc(CNc3cnccn3)cs2)nc1. The summed E-state index contributed by atoms with van der Waals surface area (Å²) in [5.41, 5.74) is 1.87. The maximum Gasteiger partial charge on any atom is 0.144 e. The summed E-state index contributed by atoms with van der Waals surface area (Å²) in [6.07, 6.45) is 6.76. The van der Waals surface area contributed by atoms with Crippen LogP contribution in [-0.4, -0.2) is 19.9 Å². The zero-order valence-corrected chi connectivity index (χ0v) is 10.8. The molecule has 3 aromatic rings. The van der Waals surface area contributed by atoms with Crippen LogP contribution in [0.25, 0.3) is 10.7 Å². The van der Waals surface area contributed by atoms with Gasteiger partial charge < -0.3 is 5.32 Å². The summed E-state index contributed by atoms with van der Waals surface area (Å²) < 4.78 is 0. The Morgan fingerprint density at radius 3 is 2.89 bits per heavy atom. The van der Waals surface area contributed by atoms with E-state index in [9.17, 15) is 0 Å².